The third-order valence-electron chi connectivity index (χ3n) is 3.63. The van der Waals surface area contributed by atoms with E-state index in [0.29, 0.717) is 11.4 Å². The van der Waals surface area contributed by atoms with E-state index in [9.17, 15) is 5.26 Å². The summed E-state index contributed by atoms with van der Waals surface area (Å²) in [6, 6.07) is 22.3. The van der Waals surface area contributed by atoms with Crippen LogP contribution in [0.3, 0.4) is 0 Å². The molecular formula is C21H20N4S. The van der Waals surface area contributed by atoms with E-state index in [1.165, 1.54) is 11.8 Å². The molecule has 0 atom stereocenters. The summed E-state index contributed by atoms with van der Waals surface area (Å²) in [6.45, 7) is 4.00. The number of para-hydroxylation sites is 1. The van der Waals surface area contributed by atoms with Gasteiger partial charge in [-0.1, -0.05) is 60.3 Å². The number of aliphatic imine (C=N–C) groups is 1. The first-order valence-corrected chi connectivity index (χ1v) is 9.29. The van der Waals surface area contributed by atoms with Crippen LogP contribution in [0.25, 0.3) is 5.70 Å². The molecular weight excluding hydrogens is 340 g/mol. The third kappa shape index (κ3) is 4.35. The molecule has 2 aromatic rings. The molecule has 2 N–H and O–H groups in total. The van der Waals surface area contributed by atoms with Crippen molar-refractivity contribution in [2.24, 2.45) is 4.99 Å². The van der Waals surface area contributed by atoms with Gasteiger partial charge < -0.3 is 10.6 Å². The van der Waals surface area contributed by atoms with Crippen molar-refractivity contribution in [3.05, 3.63) is 82.2 Å². The summed E-state index contributed by atoms with van der Waals surface area (Å²) in [7, 11) is 0. The minimum absolute atomic E-state index is 0.0685. The average molecular weight is 360 g/mol. The predicted octanol–water partition coefficient (Wildman–Crippen LogP) is 4.98. The third-order valence-corrected chi connectivity index (χ3v) is 4.52. The summed E-state index contributed by atoms with van der Waals surface area (Å²) in [5.41, 5.74) is 3.42. The van der Waals surface area contributed by atoms with Crippen LogP contribution in [0.5, 0.6) is 0 Å². The molecule has 4 nitrogen and oxygen atoms in total. The molecule has 0 fully saturated rings. The van der Waals surface area contributed by atoms with Gasteiger partial charge in [0.2, 0.25) is 0 Å². The van der Waals surface area contributed by atoms with Gasteiger partial charge >= 0.3 is 0 Å². The second kappa shape index (κ2) is 8.41. The molecule has 5 heteroatoms. The van der Waals surface area contributed by atoms with E-state index in [4.69, 9.17) is 0 Å². The van der Waals surface area contributed by atoms with Crippen LogP contribution in [-0.4, -0.2) is 11.9 Å². The van der Waals surface area contributed by atoms with E-state index in [1.54, 1.807) is 0 Å². The second-order valence-corrected chi connectivity index (χ2v) is 6.90. The van der Waals surface area contributed by atoms with Gasteiger partial charge in [-0.15, -0.1) is 0 Å². The lowest BCUT2D eigenvalue weighted by molar-refractivity contribution is 0.830. The van der Waals surface area contributed by atoms with Crippen molar-refractivity contribution < 1.29 is 0 Å². The van der Waals surface area contributed by atoms with E-state index < -0.39 is 0 Å². The van der Waals surface area contributed by atoms with Crippen LogP contribution in [0.4, 0.5) is 5.69 Å². The van der Waals surface area contributed by atoms with Gasteiger partial charge in [0.15, 0.2) is 0 Å². The van der Waals surface area contributed by atoms with Crippen molar-refractivity contribution in [3.63, 3.8) is 0 Å². The fraction of sp³-hybridized carbons (Fsp3) is 0.143. The van der Waals surface area contributed by atoms with Crippen molar-refractivity contribution in [1.29, 1.82) is 5.26 Å². The summed E-state index contributed by atoms with van der Waals surface area (Å²) in [6.07, 6.45) is 0. The molecule has 3 rings (SSSR count). The maximum Gasteiger partial charge on any atom is 0.146 e. The van der Waals surface area contributed by atoms with Crippen LogP contribution in [0.15, 0.2) is 81.7 Å². The Labute approximate surface area is 158 Å². The van der Waals surface area contributed by atoms with Crippen molar-refractivity contribution in [1.82, 2.24) is 5.32 Å². The first-order chi connectivity index (χ1) is 12.7. The lowest BCUT2D eigenvalue weighted by Crippen LogP contribution is -2.25. The summed E-state index contributed by atoms with van der Waals surface area (Å²) < 4.78 is 0. The fourth-order valence-electron chi connectivity index (χ4n) is 2.47. The molecule has 1 aliphatic heterocycles. The minimum Gasteiger partial charge on any atom is -0.349 e. The zero-order valence-corrected chi connectivity index (χ0v) is 15.5. The van der Waals surface area contributed by atoms with Crippen LogP contribution in [0, 0.1) is 11.3 Å². The summed E-state index contributed by atoms with van der Waals surface area (Å²) in [5.74, 6) is 0.584. The quantitative estimate of drug-likeness (QED) is 0.808. The molecule has 1 heterocycles. The van der Waals surface area contributed by atoms with Gasteiger partial charge in [0, 0.05) is 17.1 Å². The maximum absolute atomic E-state index is 9.80. The Balaban J connectivity index is 2.03. The molecule has 0 aromatic heterocycles. The number of nitriles is 1. The number of benzene rings is 2. The Morgan fingerprint density at radius 2 is 1.69 bits per heavy atom. The number of nitrogens with zero attached hydrogens (tertiary/aromatic N) is 2. The van der Waals surface area contributed by atoms with Gasteiger partial charge in [-0.25, -0.2) is 0 Å². The molecule has 0 aliphatic carbocycles. The number of thioether (sulfide) groups is 1. The van der Waals surface area contributed by atoms with Crippen LogP contribution in [0.2, 0.25) is 0 Å². The first-order valence-electron chi connectivity index (χ1n) is 8.41. The van der Waals surface area contributed by atoms with E-state index >= 15 is 0 Å². The van der Waals surface area contributed by atoms with Gasteiger partial charge in [-0.3, -0.25) is 4.99 Å². The summed E-state index contributed by atoms with van der Waals surface area (Å²) in [5, 5.41) is 19.3. The Bertz CT molecular complexity index is 891. The number of amidine groups is 1. The number of rotatable bonds is 4. The first kappa shape index (κ1) is 17.8. The smallest absolute Gasteiger partial charge is 0.146 e. The highest BCUT2D eigenvalue weighted by Crippen LogP contribution is 2.30. The molecule has 2 aromatic carbocycles. The van der Waals surface area contributed by atoms with Crippen LogP contribution < -0.4 is 10.6 Å². The van der Waals surface area contributed by atoms with Crippen LogP contribution in [0.1, 0.15) is 19.4 Å². The Kier molecular flexibility index (Phi) is 5.77. The largest absolute Gasteiger partial charge is 0.349 e. The molecule has 0 bridgehead atoms. The normalized spacial score (nSPS) is 15.9. The number of nitrogens with one attached hydrogen (secondary N) is 2. The Hall–Kier alpha value is -2.97. The zero-order chi connectivity index (χ0) is 18.4. The molecule has 0 saturated carbocycles. The van der Waals surface area contributed by atoms with Gasteiger partial charge in [0.05, 0.1) is 10.7 Å². The lowest BCUT2D eigenvalue weighted by Gasteiger charge is -2.13. The zero-order valence-electron chi connectivity index (χ0n) is 14.7. The van der Waals surface area contributed by atoms with Gasteiger partial charge in [0.1, 0.15) is 17.5 Å². The molecule has 26 heavy (non-hydrogen) atoms. The second-order valence-electron chi connectivity index (χ2n) is 6.02. The molecule has 0 amide bonds. The van der Waals surface area contributed by atoms with Gasteiger partial charge in [-0.2, -0.15) is 5.26 Å². The molecule has 0 radical (unpaired) electrons. The predicted molar refractivity (Wildman–Crippen MR) is 110 cm³/mol. The highest BCUT2D eigenvalue weighted by atomic mass is 32.2. The number of anilines is 1. The fourth-order valence-corrected chi connectivity index (χ4v) is 3.33. The van der Waals surface area contributed by atoms with Crippen molar-refractivity contribution in [2.45, 2.75) is 19.9 Å². The van der Waals surface area contributed by atoms with Crippen LogP contribution >= 0.6 is 11.8 Å². The van der Waals surface area contributed by atoms with E-state index in [1.807, 2.05) is 79.9 Å². The average Bonchev–Trinajstić information content (AvgIpc) is 2.82. The minimum atomic E-state index is 0.0685. The molecule has 130 valence electrons. The van der Waals surface area contributed by atoms with Crippen molar-refractivity contribution in [2.75, 3.05) is 5.32 Å². The van der Waals surface area contributed by atoms with Crippen molar-refractivity contribution >= 4 is 29.0 Å². The topological polar surface area (TPSA) is 60.2 Å². The highest BCUT2D eigenvalue weighted by Gasteiger charge is 2.20. The SMILES string of the molecule is CC(C)N=C1NC(c2ccccc2)=CSC(Nc2ccccc2)=C1C#N. The highest BCUT2D eigenvalue weighted by molar-refractivity contribution is 8.06. The molecule has 0 spiro atoms. The number of hydrogen-bond acceptors (Lipinski definition) is 4. The molecule has 0 unspecified atom stereocenters. The van der Waals surface area contributed by atoms with Crippen molar-refractivity contribution in [3.8, 4) is 6.07 Å². The molecule has 1 aliphatic rings. The summed E-state index contributed by atoms with van der Waals surface area (Å²) in [4.78, 5) is 4.65. The monoisotopic (exact) mass is 360 g/mol. The Morgan fingerprint density at radius 1 is 1.04 bits per heavy atom. The summed E-state index contributed by atoms with van der Waals surface area (Å²) >= 11 is 1.49. The van der Waals surface area contributed by atoms with Crippen LogP contribution in [-0.2, 0) is 0 Å². The Morgan fingerprint density at radius 3 is 2.31 bits per heavy atom. The van der Waals surface area contributed by atoms with E-state index in [0.717, 1.165) is 22.0 Å². The van der Waals surface area contributed by atoms with Gasteiger partial charge in [0.25, 0.3) is 0 Å². The maximum atomic E-state index is 9.80. The standard InChI is InChI=1S/C21H20N4S/c1-15(2)23-20-18(13-22)21(24-17-11-7-4-8-12-17)26-14-19(25-20)16-9-5-3-6-10-16/h3-12,14-15,24H,1-2H3,(H,23,25). The lowest BCUT2D eigenvalue weighted by atomic mass is 10.1. The van der Waals surface area contributed by atoms with E-state index in [2.05, 4.69) is 21.7 Å². The van der Waals surface area contributed by atoms with E-state index in [-0.39, 0.29) is 6.04 Å². The number of hydrogen-bond donors (Lipinski definition) is 2. The molecule has 0 saturated heterocycles. The van der Waals surface area contributed by atoms with Gasteiger partial charge in [-0.05, 0) is 31.5 Å².